The van der Waals surface area contributed by atoms with Gasteiger partial charge >= 0.3 is 0 Å². The van der Waals surface area contributed by atoms with E-state index in [1.807, 2.05) is 0 Å². The monoisotopic (exact) mass is 329 g/mol. The summed E-state index contributed by atoms with van der Waals surface area (Å²) in [6.07, 6.45) is 4.43. The van der Waals surface area contributed by atoms with Crippen LogP contribution < -0.4 is 10.6 Å². The molecular weight excluding hydrogens is 310 g/mol. The molecule has 3 N–H and O–H groups in total. The van der Waals surface area contributed by atoms with Crippen molar-refractivity contribution in [1.29, 1.82) is 0 Å². The number of fused-ring (bicyclic) bond motifs is 1. The van der Waals surface area contributed by atoms with E-state index in [4.69, 9.17) is 0 Å². The molecule has 1 atom stereocenters. The Morgan fingerprint density at radius 1 is 1.38 bits per heavy atom. The summed E-state index contributed by atoms with van der Waals surface area (Å²) < 4.78 is 0. The first-order valence-electron chi connectivity index (χ1n) is 7.94. The highest BCUT2D eigenvalue weighted by Crippen LogP contribution is 2.30. The molecule has 0 saturated carbocycles. The Balaban J connectivity index is 1.51. The van der Waals surface area contributed by atoms with Gasteiger partial charge in [0.1, 0.15) is 5.69 Å². The molecule has 0 fully saturated rings. The van der Waals surface area contributed by atoms with Crippen molar-refractivity contribution < 1.29 is 9.72 Å². The molecule has 8 nitrogen and oxygen atoms in total. The van der Waals surface area contributed by atoms with Crippen LogP contribution in [-0.4, -0.2) is 34.1 Å². The Morgan fingerprint density at radius 2 is 2.21 bits per heavy atom. The highest BCUT2D eigenvalue weighted by molar-refractivity contribution is 5.84. The van der Waals surface area contributed by atoms with E-state index < -0.39 is 4.92 Å². The normalized spacial score (nSPS) is 16.2. The van der Waals surface area contributed by atoms with Gasteiger partial charge in [0.25, 0.3) is 5.69 Å². The summed E-state index contributed by atoms with van der Waals surface area (Å²) in [6, 6.07) is 6.45. The van der Waals surface area contributed by atoms with Crippen molar-refractivity contribution in [2.75, 3.05) is 18.4 Å². The molecule has 2 aromatic rings. The molecule has 8 heteroatoms. The number of aromatic amines is 1. The van der Waals surface area contributed by atoms with E-state index in [0.717, 1.165) is 30.5 Å². The average Bonchev–Trinajstić information content (AvgIpc) is 3.07. The zero-order chi connectivity index (χ0) is 16.9. The number of nitro groups is 1. The molecule has 0 radical (unpaired) electrons. The number of anilines is 1. The van der Waals surface area contributed by atoms with Crippen molar-refractivity contribution in [3.05, 3.63) is 51.8 Å². The summed E-state index contributed by atoms with van der Waals surface area (Å²) in [5.74, 6) is -0.194. The lowest BCUT2D eigenvalue weighted by molar-refractivity contribution is -0.384. The van der Waals surface area contributed by atoms with Gasteiger partial charge in [-0.2, -0.15) is 5.10 Å². The Hall–Kier alpha value is -2.90. The van der Waals surface area contributed by atoms with E-state index in [2.05, 4.69) is 20.8 Å². The Bertz CT molecular complexity index is 743. The van der Waals surface area contributed by atoms with Gasteiger partial charge in [-0.05, 0) is 25.3 Å². The van der Waals surface area contributed by atoms with Crippen molar-refractivity contribution in [2.45, 2.75) is 25.2 Å². The molecule has 1 aromatic heterocycles. The summed E-state index contributed by atoms with van der Waals surface area (Å²) in [6.45, 7) is 0.816. The van der Waals surface area contributed by atoms with E-state index in [-0.39, 0.29) is 17.5 Å². The molecule has 1 aromatic carbocycles. The van der Waals surface area contributed by atoms with Crippen LogP contribution in [0.3, 0.4) is 0 Å². The zero-order valence-corrected chi connectivity index (χ0v) is 13.1. The number of para-hydroxylation sites is 2. The summed E-state index contributed by atoms with van der Waals surface area (Å²) in [4.78, 5) is 22.9. The molecule has 3 rings (SSSR count). The van der Waals surface area contributed by atoms with Gasteiger partial charge in [-0.25, -0.2) is 0 Å². The first-order chi connectivity index (χ1) is 11.7. The van der Waals surface area contributed by atoms with Crippen LogP contribution in [0.25, 0.3) is 0 Å². The number of rotatable bonds is 6. The minimum Gasteiger partial charge on any atom is -0.378 e. The average molecular weight is 329 g/mol. The second kappa shape index (κ2) is 7.12. The van der Waals surface area contributed by atoms with Gasteiger partial charge in [0.2, 0.25) is 5.91 Å². The number of amides is 1. The quantitative estimate of drug-likeness (QED) is 0.426. The van der Waals surface area contributed by atoms with Gasteiger partial charge in [-0.15, -0.1) is 0 Å². The van der Waals surface area contributed by atoms with Gasteiger partial charge in [-0.3, -0.25) is 20.0 Å². The zero-order valence-electron chi connectivity index (χ0n) is 13.1. The van der Waals surface area contributed by atoms with Crippen LogP contribution in [0.4, 0.5) is 11.4 Å². The maximum absolute atomic E-state index is 12.4. The number of nitrogens with one attached hydrogen (secondary N) is 3. The number of carbonyl (C=O) groups is 1. The number of aryl methyl sites for hydroxylation is 1. The molecule has 1 heterocycles. The molecule has 1 unspecified atom stereocenters. The minimum absolute atomic E-state index is 0.0262. The van der Waals surface area contributed by atoms with Crippen molar-refractivity contribution >= 4 is 17.3 Å². The molecule has 24 heavy (non-hydrogen) atoms. The first-order valence-corrected chi connectivity index (χ1v) is 7.94. The maximum Gasteiger partial charge on any atom is 0.292 e. The highest BCUT2D eigenvalue weighted by atomic mass is 16.6. The lowest BCUT2D eigenvalue weighted by atomic mass is 9.86. The predicted octanol–water partition coefficient (Wildman–Crippen LogP) is 1.97. The van der Waals surface area contributed by atoms with Crippen molar-refractivity contribution in [1.82, 2.24) is 15.5 Å². The van der Waals surface area contributed by atoms with Gasteiger partial charge in [0.15, 0.2) is 0 Å². The van der Waals surface area contributed by atoms with Crippen LogP contribution in [0.2, 0.25) is 0 Å². The van der Waals surface area contributed by atoms with E-state index in [0.29, 0.717) is 18.8 Å². The second-order valence-corrected chi connectivity index (χ2v) is 5.74. The summed E-state index contributed by atoms with van der Waals surface area (Å²) in [5, 5.41) is 23.8. The number of carbonyl (C=O) groups excluding carboxylic acids is 1. The minimum atomic E-state index is -0.427. The summed E-state index contributed by atoms with van der Waals surface area (Å²) >= 11 is 0. The van der Waals surface area contributed by atoms with Crippen LogP contribution >= 0.6 is 0 Å². The molecule has 0 bridgehead atoms. The van der Waals surface area contributed by atoms with E-state index in [1.165, 1.54) is 6.07 Å². The van der Waals surface area contributed by atoms with Crippen molar-refractivity contribution in [2.24, 2.45) is 0 Å². The van der Waals surface area contributed by atoms with Crippen molar-refractivity contribution in [3.8, 4) is 0 Å². The Kier molecular flexibility index (Phi) is 4.74. The number of aromatic nitrogens is 2. The smallest absolute Gasteiger partial charge is 0.292 e. The van der Waals surface area contributed by atoms with Crippen LogP contribution in [-0.2, 0) is 11.2 Å². The molecule has 1 aliphatic carbocycles. The molecule has 1 aliphatic rings. The molecule has 0 saturated heterocycles. The third-order valence-electron chi connectivity index (χ3n) is 4.20. The van der Waals surface area contributed by atoms with E-state index in [1.54, 1.807) is 24.4 Å². The highest BCUT2D eigenvalue weighted by Gasteiger charge is 2.27. The van der Waals surface area contributed by atoms with Crippen LogP contribution in [0.1, 0.15) is 30.0 Å². The molecule has 126 valence electrons. The Labute approximate surface area is 138 Å². The third-order valence-corrected chi connectivity index (χ3v) is 4.20. The van der Waals surface area contributed by atoms with Crippen LogP contribution in [0.5, 0.6) is 0 Å². The van der Waals surface area contributed by atoms with E-state index in [9.17, 15) is 14.9 Å². The molecule has 0 spiro atoms. The first kappa shape index (κ1) is 16.0. The lowest BCUT2D eigenvalue weighted by Crippen LogP contribution is -2.34. The number of H-pyrrole nitrogens is 1. The lowest BCUT2D eigenvalue weighted by Gasteiger charge is -2.21. The molecular formula is C16H19N5O3. The predicted molar refractivity (Wildman–Crippen MR) is 88.9 cm³/mol. The van der Waals surface area contributed by atoms with Crippen LogP contribution in [0.15, 0.2) is 30.5 Å². The molecule has 1 amide bonds. The summed E-state index contributed by atoms with van der Waals surface area (Å²) in [5.41, 5.74) is 2.50. The van der Waals surface area contributed by atoms with Crippen LogP contribution in [0, 0.1) is 10.1 Å². The second-order valence-electron chi connectivity index (χ2n) is 5.74. The SMILES string of the molecule is O=C(NCCNc1ccccc1[N+](=O)[O-])C1CCCc2[nH]ncc21. The number of benzene rings is 1. The van der Waals surface area contributed by atoms with Gasteiger partial charge in [0, 0.05) is 30.4 Å². The number of hydrogen-bond acceptors (Lipinski definition) is 5. The maximum atomic E-state index is 12.4. The number of nitro benzene ring substituents is 1. The molecule has 0 aliphatic heterocycles. The standard InChI is InChI=1S/C16H19N5O3/c22-16(11-4-3-6-13-12(11)10-19-20-13)18-9-8-17-14-5-1-2-7-15(14)21(23)24/h1-2,5,7,10-11,17H,3-4,6,8-9H2,(H,18,22)(H,19,20). The van der Waals surface area contributed by atoms with Gasteiger partial charge < -0.3 is 10.6 Å². The third kappa shape index (κ3) is 3.37. The fraction of sp³-hybridized carbons (Fsp3) is 0.375. The summed E-state index contributed by atoms with van der Waals surface area (Å²) in [7, 11) is 0. The fourth-order valence-corrected chi connectivity index (χ4v) is 3.02. The van der Waals surface area contributed by atoms with Gasteiger partial charge in [-0.1, -0.05) is 12.1 Å². The topological polar surface area (TPSA) is 113 Å². The largest absolute Gasteiger partial charge is 0.378 e. The number of nitrogens with zero attached hydrogens (tertiary/aromatic N) is 2. The Morgan fingerprint density at radius 3 is 3.04 bits per heavy atom. The number of hydrogen-bond donors (Lipinski definition) is 3. The van der Waals surface area contributed by atoms with Crippen molar-refractivity contribution in [3.63, 3.8) is 0 Å². The van der Waals surface area contributed by atoms with Gasteiger partial charge in [0.05, 0.1) is 17.0 Å². The van der Waals surface area contributed by atoms with E-state index >= 15 is 0 Å². The fourth-order valence-electron chi connectivity index (χ4n) is 3.02.